The molecule has 1 fully saturated rings. The number of aryl methyl sites for hydroxylation is 2. The van der Waals surface area contributed by atoms with E-state index in [0.717, 1.165) is 50.4 Å². The number of nitrogens with zero attached hydrogens (tertiary/aromatic N) is 2. The molecule has 0 aromatic heterocycles. The number of anilines is 1. The monoisotopic (exact) mass is 393 g/mol. The van der Waals surface area contributed by atoms with Crippen LogP contribution < -0.4 is 10.2 Å². The lowest BCUT2D eigenvalue weighted by atomic mass is 9.95. The average Bonchev–Trinajstić information content (AvgIpc) is 2.74. The molecule has 1 atom stereocenters. The maximum absolute atomic E-state index is 12.7. The number of carbonyl (C=O) groups excluding carboxylic acids is 1. The SMILES string of the molecule is Cc1cccc(C(=O)NCC(c2ccc3c(c2)CCCN3C)N2CCOCC2)c1. The summed E-state index contributed by atoms with van der Waals surface area (Å²) in [6.45, 7) is 7.00. The van der Waals surface area contributed by atoms with Crippen LogP contribution in [-0.2, 0) is 11.2 Å². The number of carbonyl (C=O) groups is 1. The molecule has 154 valence electrons. The predicted molar refractivity (Wildman–Crippen MR) is 117 cm³/mol. The Hall–Kier alpha value is -2.37. The second kappa shape index (κ2) is 8.97. The van der Waals surface area contributed by atoms with E-state index in [4.69, 9.17) is 4.74 Å². The van der Waals surface area contributed by atoms with E-state index in [1.165, 1.54) is 23.2 Å². The zero-order valence-corrected chi connectivity index (χ0v) is 17.5. The number of amides is 1. The molecule has 0 radical (unpaired) electrons. The Kier molecular flexibility index (Phi) is 6.16. The van der Waals surface area contributed by atoms with Crippen molar-refractivity contribution in [2.45, 2.75) is 25.8 Å². The third kappa shape index (κ3) is 4.62. The van der Waals surface area contributed by atoms with Gasteiger partial charge in [0.05, 0.1) is 19.3 Å². The van der Waals surface area contributed by atoms with Gasteiger partial charge in [-0.3, -0.25) is 9.69 Å². The molecule has 29 heavy (non-hydrogen) atoms. The van der Waals surface area contributed by atoms with E-state index in [1.54, 1.807) is 0 Å². The van der Waals surface area contributed by atoms with Crippen LogP contribution in [0.2, 0.25) is 0 Å². The molecule has 0 aliphatic carbocycles. The minimum absolute atomic E-state index is 0.00958. The minimum atomic E-state index is -0.00958. The summed E-state index contributed by atoms with van der Waals surface area (Å²) < 4.78 is 5.56. The molecule has 1 saturated heterocycles. The van der Waals surface area contributed by atoms with Crippen LogP contribution in [0.4, 0.5) is 5.69 Å². The summed E-state index contributed by atoms with van der Waals surface area (Å²) in [5.41, 5.74) is 5.86. The van der Waals surface area contributed by atoms with Crippen LogP contribution in [-0.4, -0.2) is 57.2 Å². The van der Waals surface area contributed by atoms with Crippen LogP contribution in [0, 0.1) is 6.92 Å². The average molecular weight is 394 g/mol. The Morgan fingerprint density at radius 3 is 2.76 bits per heavy atom. The lowest BCUT2D eigenvalue weighted by molar-refractivity contribution is 0.0162. The Labute approximate surface area is 173 Å². The molecule has 5 heteroatoms. The summed E-state index contributed by atoms with van der Waals surface area (Å²) in [7, 11) is 2.17. The number of hydrogen-bond acceptors (Lipinski definition) is 4. The Morgan fingerprint density at radius 1 is 1.14 bits per heavy atom. The first-order valence-electron chi connectivity index (χ1n) is 10.6. The third-order valence-corrected chi connectivity index (χ3v) is 6.06. The van der Waals surface area contributed by atoms with Gasteiger partial charge in [-0.1, -0.05) is 29.8 Å². The van der Waals surface area contributed by atoms with E-state index in [-0.39, 0.29) is 11.9 Å². The molecule has 1 unspecified atom stereocenters. The molecule has 2 heterocycles. The highest BCUT2D eigenvalue weighted by Crippen LogP contribution is 2.31. The summed E-state index contributed by atoms with van der Waals surface area (Å²) in [5, 5.41) is 3.18. The van der Waals surface area contributed by atoms with Gasteiger partial charge < -0.3 is 15.0 Å². The number of rotatable bonds is 5. The van der Waals surface area contributed by atoms with Crippen molar-refractivity contribution in [1.82, 2.24) is 10.2 Å². The largest absolute Gasteiger partial charge is 0.379 e. The lowest BCUT2D eigenvalue weighted by Crippen LogP contribution is -2.44. The van der Waals surface area contributed by atoms with Gasteiger partial charge in [0.15, 0.2) is 0 Å². The van der Waals surface area contributed by atoms with Crippen LogP contribution >= 0.6 is 0 Å². The summed E-state index contributed by atoms with van der Waals surface area (Å²) in [6.07, 6.45) is 2.32. The second-order valence-corrected chi connectivity index (χ2v) is 8.16. The van der Waals surface area contributed by atoms with Crippen molar-refractivity contribution in [3.63, 3.8) is 0 Å². The van der Waals surface area contributed by atoms with E-state index in [9.17, 15) is 4.79 Å². The molecule has 0 saturated carbocycles. The van der Waals surface area contributed by atoms with Crippen molar-refractivity contribution in [3.05, 3.63) is 64.7 Å². The van der Waals surface area contributed by atoms with Crippen LogP contribution in [0.15, 0.2) is 42.5 Å². The van der Waals surface area contributed by atoms with Crippen molar-refractivity contribution in [2.24, 2.45) is 0 Å². The highest BCUT2D eigenvalue weighted by Gasteiger charge is 2.25. The fourth-order valence-corrected chi connectivity index (χ4v) is 4.44. The van der Waals surface area contributed by atoms with Gasteiger partial charge in [0.2, 0.25) is 0 Å². The summed E-state index contributed by atoms with van der Waals surface area (Å²) in [5.74, 6) is -0.00958. The number of benzene rings is 2. The zero-order valence-electron chi connectivity index (χ0n) is 17.5. The highest BCUT2D eigenvalue weighted by molar-refractivity contribution is 5.94. The molecular formula is C24H31N3O2. The topological polar surface area (TPSA) is 44.8 Å². The molecule has 0 bridgehead atoms. The number of nitrogens with one attached hydrogen (secondary N) is 1. The molecule has 2 aliphatic rings. The standard InChI is InChI=1S/C24H31N3O2/c1-18-5-3-6-21(15-18)24(28)25-17-23(27-11-13-29-14-12-27)20-8-9-22-19(16-20)7-4-10-26(22)2/h3,5-6,8-9,15-16,23H,4,7,10-14,17H2,1-2H3,(H,25,28). The molecular weight excluding hydrogens is 362 g/mol. The van der Waals surface area contributed by atoms with Crippen molar-refractivity contribution in [1.29, 1.82) is 0 Å². The van der Waals surface area contributed by atoms with Gasteiger partial charge in [-0.05, 0) is 49.1 Å². The fraction of sp³-hybridized carbons (Fsp3) is 0.458. The molecule has 2 aliphatic heterocycles. The van der Waals surface area contributed by atoms with Gasteiger partial charge in [-0.2, -0.15) is 0 Å². The van der Waals surface area contributed by atoms with Gasteiger partial charge in [0, 0.05) is 44.5 Å². The van der Waals surface area contributed by atoms with Crippen molar-refractivity contribution in [2.75, 3.05) is 51.3 Å². The van der Waals surface area contributed by atoms with Crippen molar-refractivity contribution >= 4 is 11.6 Å². The normalized spacial score (nSPS) is 18.2. The molecule has 0 spiro atoms. The van der Waals surface area contributed by atoms with E-state index >= 15 is 0 Å². The van der Waals surface area contributed by atoms with E-state index in [2.05, 4.69) is 40.4 Å². The first-order valence-corrected chi connectivity index (χ1v) is 10.6. The first-order chi connectivity index (χ1) is 14.1. The van der Waals surface area contributed by atoms with Crippen LogP contribution in [0.1, 0.15) is 39.5 Å². The van der Waals surface area contributed by atoms with Gasteiger partial charge in [-0.25, -0.2) is 0 Å². The van der Waals surface area contributed by atoms with E-state index in [1.807, 2.05) is 31.2 Å². The van der Waals surface area contributed by atoms with Gasteiger partial charge in [0.25, 0.3) is 5.91 Å². The first kappa shape index (κ1) is 19.9. The van der Waals surface area contributed by atoms with Crippen LogP contribution in [0.5, 0.6) is 0 Å². The van der Waals surface area contributed by atoms with Gasteiger partial charge in [-0.15, -0.1) is 0 Å². The molecule has 1 amide bonds. The van der Waals surface area contributed by atoms with Gasteiger partial charge in [0.1, 0.15) is 0 Å². The summed E-state index contributed by atoms with van der Waals surface area (Å²) in [6, 6.07) is 14.8. The number of ether oxygens (including phenoxy) is 1. The smallest absolute Gasteiger partial charge is 0.251 e. The quantitative estimate of drug-likeness (QED) is 0.848. The minimum Gasteiger partial charge on any atom is -0.379 e. The summed E-state index contributed by atoms with van der Waals surface area (Å²) in [4.78, 5) is 17.5. The maximum Gasteiger partial charge on any atom is 0.251 e. The van der Waals surface area contributed by atoms with E-state index < -0.39 is 0 Å². The second-order valence-electron chi connectivity index (χ2n) is 8.16. The lowest BCUT2D eigenvalue weighted by Gasteiger charge is -2.36. The highest BCUT2D eigenvalue weighted by atomic mass is 16.5. The maximum atomic E-state index is 12.7. The van der Waals surface area contributed by atoms with Crippen LogP contribution in [0.25, 0.3) is 0 Å². The Morgan fingerprint density at radius 2 is 1.97 bits per heavy atom. The van der Waals surface area contributed by atoms with Crippen molar-refractivity contribution < 1.29 is 9.53 Å². The molecule has 4 rings (SSSR count). The molecule has 5 nitrogen and oxygen atoms in total. The zero-order chi connectivity index (χ0) is 20.2. The van der Waals surface area contributed by atoms with Crippen molar-refractivity contribution in [3.8, 4) is 0 Å². The third-order valence-electron chi connectivity index (χ3n) is 6.06. The molecule has 1 N–H and O–H groups in total. The Balaban J connectivity index is 1.54. The van der Waals surface area contributed by atoms with Crippen LogP contribution in [0.3, 0.4) is 0 Å². The Bertz CT molecular complexity index is 861. The number of hydrogen-bond donors (Lipinski definition) is 1. The molecule has 2 aromatic carbocycles. The van der Waals surface area contributed by atoms with Gasteiger partial charge >= 0.3 is 0 Å². The number of fused-ring (bicyclic) bond motifs is 1. The predicted octanol–water partition coefficient (Wildman–Crippen LogP) is 3.18. The summed E-state index contributed by atoms with van der Waals surface area (Å²) >= 11 is 0. The number of morpholine rings is 1. The van der Waals surface area contributed by atoms with E-state index in [0.29, 0.717) is 6.54 Å². The molecule has 2 aromatic rings. The fourth-order valence-electron chi connectivity index (χ4n) is 4.44.